The smallest absolute Gasteiger partial charge is 0.329 e. The second kappa shape index (κ2) is 7.42. The molecule has 2 amide bonds. The second-order valence-corrected chi connectivity index (χ2v) is 5.80. The van der Waals surface area contributed by atoms with Crippen LogP contribution in [0, 0.1) is 0 Å². The van der Waals surface area contributed by atoms with Crippen molar-refractivity contribution in [2.75, 3.05) is 12.1 Å². The Balaban J connectivity index is 1.57. The molecule has 0 bridgehead atoms. The lowest BCUT2D eigenvalue weighted by molar-refractivity contribution is -0.136. The largest absolute Gasteiger partial charge is 0.454 e. The summed E-state index contributed by atoms with van der Waals surface area (Å²) in [5.41, 5.74) is 3.10. The number of nitrogens with zero attached hydrogens (tertiary/aromatic N) is 1. The lowest BCUT2D eigenvalue weighted by Crippen LogP contribution is -2.32. The van der Waals surface area contributed by atoms with E-state index in [9.17, 15) is 9.59 Å². The fraction of sp³-hybridized carbons (Fsp3) is 0.0625. The van der Waals surface area contributed by atoms with Gasteiger partial charge >= 0.3 is 11.8 Å². The number of anilines is 1. The van der Waals surface area contributed by atoms with Gasteiger partial charge in [-0.05, 0) is 42.0 Å². The summed E-state index contributed by atoms with van der Waals surface area (Å²) in [4.78, 5) is 23.6. The molecule has 1 aliphatic rings. The molecule has 128 valence electrons. The third-order valence-electron chi connectivity index (χ3n) is 3.10. The Morgan fingerprint density at radius 2 is 1.72 bits per heavy atom. The van der Waals surface area contributed by atoms with Gasteiger partial charge in [-0.3, -0.25) is 9.59 Å². The summed E-state index contributed by atoms with van der Waals surface area (Å²) in [6, 6.07) is 9.60. The molecule has 0 fully saturated rings. The first kappa shape index (κ1) is 17.1. The van der Waals surface area contributed by atoms with Gasteiger partial charge in [0.1, 0.15) is 0 Å². The highest BCUT2D eigenvalue weighted by Crippen LogP contribution is 2.31. The molecule has 0 saturated carbocycles. The van der Waals surface area contributed by atoms with Crippen LogP contribution in [0.3, 0.4) is 0 Å². The molecule has 0 radical (unpaired) electrons. The number of amides is 2. The summed E-state index contributed by atoms with van der Waals surface area (Å²) in [7, 11) is 0. The molecule has 2 N–H and O–H groups in total. The molecule has 1 aliphatic heterocycles. The zero-order chi connectivity index (χ0) is 17.8. The van der Waals surface area contributed by atoms with Crippen LogP contribution in [0.4, 0.5) is 5.69 Å². The average molecular weight is 380 g/mol. The minimum atomic E-state index is -0.937. The number of hydrogen-bond acceptors (Lipinski definition) is 5. The van der Waals surface area contributed by atoms with Crippen LogP contribution >= 0.6 is 23.2 Å². The summed E-state index contributed by atoms with van der Waals surface area (Å²) in [6.45, 7) is 0.167. The minimum absolute atomic E-state index is 0.167. The fourth-order valence-corrected chi connectivity index (χ4v) is 2.55. The molecule has 0 aliphatic carbocycles. The number of ether oxygens (including phenoxy) is 2. The van der Waals surface area contributed by atoms with E-state index in [1.54, 1.807) is 18.2 Å². The number of carbonyl (C=O) groups excluding carboxylic acids is 2. The van der Waals surface area contributed by atoms with E-state index in [4.69, 9.17) is 32.7 Å². The van der Waals surface area contributed by atoms with Gasteiger partial charge in [0.05, 0.1) is 6.21 Å². The van der Waals surface area contributed by atoms with Crippen molar-refractivity contribution in [3.05, 3.63) is 52.0 Å². The van der Waals surface area contributed by atoms with Crippen LogP contribution < -0.4 is 20.2 Å². The van der Waals surface area contributed by atoms with Crippen molar-refractivity contribution in [3.8, 4) is 11.5 Å². The molecular formula is C16H11Cl2N3O4. The number of rotatable bonds is 3. The highest BCUT2D eigenvalue weighted by molar-refractivity contribution is 6.40. The van der Waals surface area contributed by atoms with E-state index in [0.717, 1.165) is 0 Å². The minimum Gasteiger partial charge on any atom is -0.454 e. The van der Waals surface area contributed by atoms with Gasteiger partial charge in [0.25, 0.3) is 0 Å². The summed E-state index contributed by atoms with van der Waals surface area (Å²) in [5, 5.41) is 6.78. The van der Waals surface area contributed by atoms with E-state index in [1.165, 1.54) is 24.4 Å². The van der Waals surface area contributed by atoms with Crippen LogP contribution in [0.5, 0.6) is 11.5 Å². The molecule has 1 heterocycles. The molecule has 0 spiro atoms. The van der Waals surface area contributed by atoms with Gasteiger partial charge in [-0.15, -0.1) is 0 Å². The van der Waals surface area contributed by atoms with Crippen molar-refractivity contribution >= 4 is 46.9 Å². The second-order valence-electron chi connectivity index (χ2n) is 4.92. The molecule has 2 aromatic rings. The third kappa shape index (κ3) is 4.40. The number of benzene rings is 2. The van der Waals surface area contributed by atoms with Gasteiger partial charge < -0.3 is 14.8 Å². The first-order chi connectivity index (χ1) is 12.0. The Hall–Kier alpha value is -2.77. The van der Waals surface area contributed by atoms with E-state index in [0.29, 0.717) is 32.8 Å². The van der Waals surface area contributed by atoms with Crippen LogP contribution in [0.15, 0.2) is 41.5 Å². The summed E-state index contributed by atoms with van der Waals surface area (Å²) in [6.07, 6.45) is 1.38. The Bertz CT molecular complexity index is 850. The van der Waals surface area contributed by atoms with Crippen LogP contribution in [0.25, 0.3) is 0 Å². The SMILES string of the molecule is O=C(N/N=C\c1ccc2c(c1)OCO2)C(=O)Nc1cc(Cl)cc(Cl)c1. The molecule has 9 heteroatoms. The number of fused-ring (bicyclic) bond motifs is 1. The standard InChI is InChI=1S/C16H11Cl2N3O4/c17-10-4-11(18)6-12(5-10)20-15(22)16(23)21-19-7-9-1-2-13-14(3-9)25-8-24-13/h1-7H,8H2,(H,20,22)(H,21,23)/b19-7-. The predicted molar refractivity (Wildman–Crippen MR) is 93.4 cm³/mol. The molecule has 0 atom stereocenters. The molecule has 3 rings (SSSR count). The first-order valence-corrected chi connectivity index (χ1v) is 7.77. The van der Waals surface area contributed by atoms with Crippen LogP contribution in [-0.2, 0) is 9.59 Å². The molecule has 2 aromatic carbocycles. The predicted octanol–water partition coefficient (Wildman–Crippen LogP) is 2.81. The zero-order valence-electron chi connectivity index (χ0n) is 12.6. The third-order valence-corrected chi connectivity index (χ3v) is 3.54. The molecule has 7 nitrogen and oxygen atoms in total. The van der Waals surface area contributed by atoms with Crippen LogP contribution in [0.1, 0.15) is 5.56 Å². The number of carbonyl (C=O) groups is 2. The Labute approximate surface area is 152 Å². The van der Waals surface area contributed by atoms with Crippen molar-refractivity contribution in [2.24, 2.45) is 5.10 Å². The number of halogens is 2. The van der Waals surface area contributed by atoms with Gasteiger partial charge in [0.15, 0.2) is 11.5 Å². The van der Waals surface area contributed by atoms with Crippen molar-refractivity contribution in [2.45, 2.75) is 0 Å². The molecule has 0 saturated heterocycles. The maximum absolute atomic E-state index is 11.8. The number of hydrazone groups is 1. The topological polar surface area (TPSA) is 89.0 Å². The monoisotopic (exact) mass is 379 g/mol. The van der Waals surface area contributed by atoms with E-state index in [-0.39, 0.29) is 6.79 Å². The van der Waals surface area contributed by atoms with Crippen molar-refractivity contribution in [1.82, 2.24) is 5.43 Å². The summed E-state index contributed by atoms with van der Waals surface area (Å²) < 4.78 is 10.4. The summed E-state index contributed by atoms with van der Waals surface area (Å²) in [5.74, 6) is -0.610. The highest BCUT2D eigenvalue weighted by Gasteiger charge is 2.14. The number of hydrogen-bond donors (Lipinski definition) is 2. The van der Waals surface area contributed by atoms with Gasteiger partial charge in [0.2, 0.25) is 6.79 Å². The maximum atomic E-state index is 11.8. The normalized spacial score (nSPS) is 12.2. The average Bonchev–Trinajstić information content (AvgIpc) is 3.01. The Kier molecular flexibility index (Phi) is 5.06. The van der Waals surface area contributed by atoms with Gasteiger partial charge in [-0.1, -0.05) is 23.2 Å². The zero-order valence-corrected chi connectivity index (χ0v) is 14.1. The molecule has 0 aromatic heterocycles. The van der Waals surface area contributed by atoms with E-state index in [1.807, 2.05) is 0 Å². The molecular weight excluding hydrogens is 369 g/mol. The van der Waals surface area contributed by atoms with Gasteiger partial charge in [-0.2, -0.15) is 5.10 Å². The van der Waals surface area contributed by atoms with E-state index >= 15 is 0 Å². The lowest BCUT2D eigenvalue weighted by atomic mass is 10.2. The Morgan fingerprint density at radius 1 is 1.00 bits per heavy atom. The Morgan fingerprint density at radius 3 is 2.48 bits per heavy atom. The molecule has 0 unspecified atom stereocenters. The highest BCUT2D eigenvalue weighted by atomic mass is 35.5. The van der Waals surface area contributed by atoms with E-state index in [2.05, 4.69) is 15.8 Å². The van der Waals surface area contributed by atoms with Crippen molar-refractivity contribution < 1.29 is 19.1 Å². The van der Waals surface area contributed by atoms with Crippen LogP contribution in [-0.4, -0.2) is 24.8 Å². The fourth-order valence-electron chi connectivity index (χ4n) is 2.02. The van der Waals surface area contributed by atoms with Gasteiger partial charge in [-0.25, -0.2) is 5.43 Å². The maximum Gasteiger partial charge on any atom is 0.329 e. The van der Waals surface area contributed by atoms with Crippen molar-refractivity contribution in [1.29, 1.82) is 0 Å². The summed E-state index contributed by atoms with van der Waals surface area (Å²) >= 11 is 11.7. The first-order valence-electron chi connectivity index (χ1n) is 7.01. The lowest BCUT2D eigenvalue weighted by Gasteiger charge is -2.05. The van der Waals surface area contributed by atoms with Gasteiger partial charge in [0, 0.05) is 15.7 Å². The quantitative estimate of drug-likeness (QED) is 0.487. The van der Waals surface area contributed by atoms with E-state index < -0.39 is 11.8 Å². The molecule has 25 heavy (non-hydrogen) atoms. The van der Waals surface area contributed by atoms with Crippen LogP contribution in [0.2, 0.25) is 10.0 Å². The number of nitrogens with one attached hydrogen (secondary N) is 2. The van der Waals surface area contributed by atoms with Crippen molar-refractivity contribution in [3.63, 3.8) is 0 Å².